The Kier molecular flexibility index (Phi) is 5.61. The molecule has 0 fully saturated rings. The van der Waals surface area contributed by atoms with Gasteiger partial charge >= 0.3 is 0 Å². The molecule has 1 aromatic heterocycles. The van der Waals surface area contributed by atoms with Gasteiger partial charge in [-0.25, -0.2) is 31.0 Å². The second-order valence-corrected chi connectivity index (χ2v) is 7.46. The minimum Gasteiger partial charge on any atom is -0.364 e. The van der Waals surface area contributed by atoms with E-state index in [1.54, 1.807) is 30.3 Å². The third-order valence-corrected chi connectivity index (χ3v) is 5.45. The molecule has 1 amide bonds. The number of hydrogen-bond acceptors (Lipinski definition) is 5. The predicted octanol–water partition coefficient (Wildman–Crippen LogP) is 3.67. The molecule has 0 radical (unpaired) electrons. The molecule has 0 unspecified atom stereocenters. The Bertz CT molecular complexity index is 1030. The SMILES string of the molecule is O=C(c1cnn2c1N[C@H](c1ccccc1)C[C@@H]2C(F)F)N1N=C(C(F)F)C[C@]1(O)C(F)F. The van der Waals surface area contributed by atoms with Gasteiger partial charge in [0.1, 0.15) is 23.1 Å². The van der Waals surface area contributed by atoms with E-state index in [4.69, 9.17) is 0 Å². The van der Waals surface area contributed by atoms with Gasteiger partial charge < -0.3 is 10.4 Å². The topological polar surface area (TPSA) is 82.8 Å². The van der Waals surface area contributed by atoms with Crippen LogP contribution >= 0.6 is 0 Å². The number of hydrogen-bond donors (Lipinski definition) is 2. The van der Waals surface area contributed by atoms with Gasteiger partial charge in [-0.3, -0.25) is 4.79 Å². The Labute approximate surface area is 177 Å². The number of rotatable bonds is 5. The molecule has 2 aromatic rings. The van der Waals surface area contributed by atoms with E-state index >= 15 is 0 Å². The van der Waals surface area contributed by atoms with Gasteiger partial charge in [-0.05, 0) is 12.0 Å². The molecule has 0 bridgehead atoms. The fraction of sp³-hybridized carbons (Fsp3) is 0.421. The molecule has 0 saturated carbocycles. The maximum atomic E-state index is 13.7. The van der Waals surface area contributed by atoms with Gasteiger partial charge in [-0.2, -0.15) is 15.2 Å². The van der Waals surface area contributed by atoms with Crippen molar-refractivity contribution in [1.29, 1.82) is 0 Å². The van der Waals surface area contributed by atoms with Crippen LogP contribution in [0.3, 0.4) is 0 Å². The van der Waals surface area contributed by atoms with Gasteiger partial charge in [-0.15, -0.1) is 0 Å². The van der Waals surface area contributed by atoms with Gasteiger partial charge in [0.2, 0.25) is 5.72 Å². The third kappa shape index (κ3) is 3.59. The monoisotopic (exact) mass is 461 g/mol. The van der Waals surface area contributed by atoms with Gasteiger partial charge in [0.15, 0.2) is 0 Å². The molecular formula is C19H17F6N5O2. The molecule has 2 aliphatic heterocycles. The van der Waals surface area contributed by atoms with Gasteiger partial charge in [0.05, 0.1) is 12.2 Å². The first-order chi connectivity index (χ1) is 15.1. The van der Waals surface area contributed by atoms with Crippen molar-refractivity contribution in [2.24, 2.45) is 5.10 Å². The van der Waals surface area contributed by atoms with Crippen molar-refractivity contribution in [3.05, 3.63) is 47.7 Å². The van der Waals surface area contributed by atoms with Crippen LogP contribution in [-0.2, 0) is 0 Å². The van der Waals surface area contributed by atoms with E-state index in [0.717, 1.165) is 10.9 Å². The smallest absolute Gasteiger partial charge is 0.287 e. The van der Waals surface area contributed by atoms with Crippen molar-refractivity contribution in [3.63, 3.8) is 0 Å². The molecule has 2 aliphatic rings. The number of carbonyl (C=O) groups is 1. The van der Waals surface area contributed by atoms with Crippen molar-refractivity contribution in [1.82, 2.24) is 14.8 Å². The normalized spacial score (nSPS) is 25.3. The first kappa shape index (κ1) is 22.1. The lowest BCUT2D eigenvalue weighted by Gasteiger charge is -2.33. The van der Waals surface area contributed by atoms with Crippen molar-refractivity contribution in [3.8, 4) is 0 Å². The van der Waals surface area contributed by atoms with Crippen molar-refractivity contribution in [2.75, 3.05) is 5.32 Å². The molecule has 1 aromatic carbocycles. The van der Waals surface area contributed by atoms with Crippen LogP contribution < -0.4 is 5.32 Å². The molecule has 13 heteroatoms. The first-order valence-corrected chi connectivity index (χ1v) is 9.51. The average Bonchev–Trinajstić information content (AvgIpc) is 3.35. The molecular weight excluding hydrogens is 444 g/mol. The van der Waals surface area contributed by atoms with Crippen LogP contribution in [0.15, 0.2) is 41.6 Å². The highest BCUT2D eigenvalue weighted by Gasteiger charge is 2.54. The molecule has 4 rings (SSSR count). The van der Waals surface area contributed by atoms with E-state index in [1.807, 2.05) is 0 Å². The summed E-state index contributed by atoms with van der Waals surface area (Å²) >= 11 is 0. The van der Waals surface area contributed by atoms with E-state index in [-0.39, 0.29) is 17.2 Å². The summed E-state index contributed by atoms with van der Waals surface area (Å²) < 4.78 is 81.4. The molecule has 2 N–H and O–H groups in total. The highest BCUT2D eigenvalue weighted by molar-refractivity contribution is 6.02. The minimum absolute atomic E-state index is 0.0810. The Morgan fingerprint density at radius 1 is 1.16 bits per heavy atom. The predicted molar refractivity (Wildman–Crippen MR) is 99.9 cm³/mol. The van der Waals surface area contributed by atoms with E-state index in [0.29, 0.717) is 5.56 Å². The number of nitrogens with one attached hydrogen (secondary N) is 1. The van der Waals surface area contributed by atoms with Crippen LogP contribution in [0.1, 0.15) is 40.8 Å². The lowest BCUT2D eigenvalue weighted by atomic mass is 9.97. The molecule has 0 saturated heterocycles. The van der Waals surface area contributed by atoms with E-state index < -0.39 is 60.7 Å². The fourth-order valence-electron chi connectivity index (χ4n) is 3.81. The van der Waals surface area contributed by atoms with Crippen LogP contribution in [0, 0.1) is 0 Å². The summed E-state index contributed by atoms with van der Waals surface area (Å²) in [4.78, 5) is 13.0. The van der Waals surface area contributed by atoms with Crippen LogP contribution in [0.25, 0.3) is 0 Å². The highest BCUT2D eigenvalue weighted by atomic mass is 19.3. The van der Waals surface area contributed by atoms with Crippen LogP contribution in [-0.4, -0.2) is 56.5 Å². The van der Waals surface area contributed by atoms with Gasteiger partial charge in [0, 0.05) is 6.42 Å². The molecule has 0 spiro atoms. The van der Waals surface area contributed by atoms with Crippen molar-refractivity contribution in [2.45, 2.75) is 49.9 Å². The Morgan fingerprint density at radius 3 is 2.44 bits per heavy atom. The number of aliphatic hydroxyl groups is 1. The number of benzene rings is 1. The number of carbonyl (C=O) groups excluding carboxylic acids is 1. The number of nitrogens with zero attached hydrogens (tertiary/aromatic N) is 4. The fourth-order valence-corrected chi connectivity index (χ4v) is 3.81. The second-order valence-electron chi connectivity index (χ2n) is 7.46. The third-order valence-electron chi connectivity index (χ3n) is 5.45. The summed E-state index contributed by atoms with van der Waals surface area (Å²) in [6.07, 6.45) is -10.2. The number of amides is 1. The number of anilines is 1. The maximum absolute atomic E-state index is 13.7. The van der Waals surface area contributed by atoms with E-state index in [2.05, 4.69) is 15.5 Å². The summed E-state index contributed by atoms with van der Waals surface area (Å²) in [6, 6.07) is 6.38. The molecule has 172 valence electrons. The summed E-state index contributed by atoms with van der Waals surface area (Å²) in [7, 11) is 0. The van der Waals surface area contributed by atoms with Gasteiger partial charge in [-0.1, -0.05) is 30.3 Å². The molecule has 3 heterocycles. The van der Waals surface area contributed by atoms with Crippen molar-refractivity contribution >= 4 is 17.4 Å². The standard InChI is InChI=1S/C19H17F6N5O2/c20-14(21)12-7-19(32,18(24)25)30(28-12)17(31)10-8-26-29-13(15(22)23)6-11(27-16(10)29)9-4-2-1-3-5-9/h1-5,8,11,13-15,18,27,32H,6-7H2/t11-,13+,19-/m0/s1. The number of alkyl halides is 6. The number of aromatic nitrogens is 2. The van der Waals surface area contributed by atoms with Crippen LogP contribution in [0.2, 0.25) is 0 Å². The summed E-state index contributed by atoms with van der Waals surface area (Å²) in [5.74, 6) is -1.59. The molecule has 7 nitrogen and oxygen atoms in total. The first-order valence-electron chi connectivity index (χ1n) is 9.51. The lowest BCUT2D eigenvalue weighted by molar-refractivity contribution is -0.164. The largest absolute Gasteiger partial charge is 0.364 e. The Hall–Kier alpha value is -3.09. The Balaban J connectivity index is 1.74. The Morgan fingerprint density at radius 2 is 1.84 bits per heavy atom. The zero-order valence-corrected chi connectivity index (χ0v) is 16.2. The average molecular weight is 461 g/mol. The summed E-state index contributed by atoms with van der Waals surface area (Å²) in [5, 5.41) is 20.0. The maximum Gasteiger partial charge on any atom is 0.287 e. The van der Waals surface area contributed by atoms with Crippen LogP contribution in [0.5, 0.6) is 0 Å². The quantitative estimate of drug-likeness (QED) is 0.666. The zero-order chi connectivity index (χ0) is 23.2. The molecule has 0 aliphatic carbocycles. The van der Waals surface area contributed by atoms with Crippen LogP contribution in [0.4, 0.5) is 32.2 Å². The second kappa shape index (κ2) is 8.11. The number of hydrazone groups is 1. The number of halogens is 6. The lowest BCUT2D eigenvalue weighted by Crippen LogP contribution is -2.51. The minimum atomic E-state index is -3.61. The zero-order valence-electron chi connectivity index (χ0n) is 16.2. The van der Waals surface area contributed by atoms with Gasteiger partial charge in [0.25, 0.3) is 25.2 Å². The molecule has 32 heavy (non-hydrogen) atoms. The summed E-state index contributed by atoms with van der Waals surface area (Å²) in [6.45, 7) is 0. The molecule has 3 atom stereocenters. The highest BCUT2D eigenvalue weighted by Crippen LogP contribution is 2.41. The van der Waals surface area contributed by atoms with E-state index in [1.165, 1.54) is 0 Å². The van der Waals surface area contributed by atoms with E-state index in [9.17, 15) is 36.2 Å². The number of fused-ring (bicyclic) bond motifs is 1. The van der Waals surface area contributed by atoms with Crippen molar-refractivity contribution < 1.29 is 36.2 Å². The summed E-state index contributed by atoms with van der Waals surface area (Å²) in [5.41, 5.74) is -4.22.